The van der Waals surface area contributed by atoms with Gasteiger partial charge in [-0.2, -0.15) is 0 Å². The predicted octanol–water partition coefficient (Wildman–Crippen LogP) is 2.20. The fourth-order valence-electron chi connectivity index (χ4n) is 5.52. The number of carbonyl (C=O) groups excluding carboxylic acids is 1. The number of ether oxygens (including phenoxy) is 3. The molecule has 25 heavy (non-hydrogen) atoms. The summed E-state index contributed by atoms with van der Waals surface area (Å²) in [4.78, 5) is 15.0. The SMILES string of the molecule is COc1cc2c(cc1OC)[C@]13CCN(C)[C@@H](C2)[C@@H]1CC(=O)C(OC)C3. The van der Waals surface area contributed by atoms with E-state index in [2.05, 4.69) is 24.1 Å². The number of fused-ring (bicyclic) bond motifs is 1. The first-order valence-electron chi connectivity index (χ1n) is 9.05. The van der Waals surface area contributed by atoms with Crippen LogP contribution < -0.4 is 9.47 Å². The third kappa shape index (κ3) is 2.32. The lowest BCUT2D eigenvalue weighted by atomic mass is 9.51. The van der Waals surface area contributed by atoms with Crippen LogP contribution in [0.25, 0.3) is 0 Å². The molecule has 1 saturated carbocycles. The molecule has 0 N–H and O–H groups in total. The Balaban J connectivity index is 1.89. The number of methoxy groups -OCH3 is 3. The van der Waals surface area contributed by atoms with E-state index in [1.165, 1.54) is 11.1 Å². The summed E-state index contributed by atoms with van der Waals surface area (Å²) in [6.07, 6.45) is 3.12. The fraction of sp³-hybridized carbons (Fsp3) is 0.650. The maximum Gasteiger partial charge on any atom is 0.161 e. The number of likely N-dealkylation sites (N-methyl/N-ethyl adjacent to an activating group) is 1. The minimum absolute atomic E-state index is 0.00109. The Morgan fingerprint density at radius 1 is 1.12 bits per heavy atom. The Morgan fingerprint density at radius 2 is 1.84 bits per heavy atom. The lowest BCUT2D eigenvalue weighted by molar-refractivity contribution is -0.141. The summed E-state index contributed by atoms with van der Waals surface area (Å²) >= 11 is 0. The molecule has 5 heteroatoms. The van der Waals surface area contributed by atoms with Crippen LogP contribution in [0.4, 0.5) is 0 Å². The summed E-state index contributed by atoms with van der Waals surface area (Å²) in [5.74, 6) is 2.17. The number of hydrogen-bond acceptors (Lipinski definition) is 5. The molecule has 1 aliphatic heterocycles. The lowest BCUT2D eigenvalue weighted by Crippen LogP contribution is -2.63. The van der Waals surface area contributed by atoms with E-state index < -0.39 is 0 Å². The van der Waals surface area contributed by atoms with Crippen LogP contribution in [0.2, 0.25) is 0 Å². The van der Waals surface area contributed by atoms with Gasteiger partial charge in [-0.25, -0.2) is 0 Å². The molecule has 4 atom stereocenters. The van der Waals surface area contributed by atoms with E-state index in [4.69, 9.17) is 14.2 Å². The van der Waals surface area contributed by atoms with Crippen LogP contribution >= 0.6 is 0 Å². The van der Waals surface area contributed by atoms with E-state index in [9.17, 15) is 4.79 Å². The van der Waals surface area contributed by atoms with Crippen molar-refractivity contribution in [1.82, 2.24) is 4.90 Å². The van der Waals surface area contributed by atoms with Crippen molar-refractivity contribution in [2.24, 2.45) is 5.92 Å². The maximum absolute atomic E-state index is 12.6. The molecule has 1 unspecified atom stereocenters. The molecule has 1 aromatic rings. The number of ketones is 1. The quantitative estimate of drug-likeness (QED) is 0.840. The number of rotatable bonds is 3. The highest BCUT2D eigenvalue weighted by Gasteiger charge is 2.57. The topological polar surface area (TPSA) is 48.0 Å². The molecule has 3 aliphatic rings. The van der Waals surface area contributed by atoms with Crippen LogP contribution in [0.5, 0.6) is 11.5 Å². The minimum Gasteiger partial charge on any atom is -0.493 e. The zero-order valence-corrected chi connectivity index (χ0v) is 15.5. The van der Waals surface area contributed by atoms with Crippen molar-refractivity contribution in [1.29, 1.82) is 0 Å². The number of nitrogens with zero attached hydrogens (tertiary/aromatic N) is 1. The second-order valence-corrected chi connectivity index (χ2v) is 7.73. The molecule has 2 aliphatic carbocycles. The number of Topliss-reactive ketones (excluding diaryl/α,β-unsaturated/α-hetero) is 1. The Hall–Kier alpha value is -1.59. The van der Waals surface area contributed by atoms with Crippen molar-refractivity contribution in [3.05, 3.63) is 23.3 Å². The number of piperidine rings is 1. The van der Waals surface area contributed by atoms with E-state index in [0.717, 1.165) is 37.3 Å². The van der Waals surface area contributed by atoms with Gasteiger partial charge in [0.05, 0.1) is 14.2 Å². The highest BCUT2D eigenvalue weighted by molar-refractivity contribution is 5.85. The molecule has 1 heterocycles. The fourth-order valence-corrected chi connectivity index (χ4v) is 5.52. The van der Waals surface area contributed by atoms with E-state index in [0.29, 0.717) is 18.4 Å². The summed E-state index contributed by atoms with van der Waals surface area (Å²) in [6.45, 7) is 1.06. The van der Waals surface area contributed by atoms with Gasteiger partial charge in [-0.3, -0.25) is 4.79 Å². The average molecular weight is 345 g/mol. The van der Waals surface area contributed by atoms with Gasteiger partial charge in [0.1, 0.15) is 6.10 Å². The van der Waals surface area contributed by atoms with Crippen LogP contribution in [0.1, 0.15) is 30.4 Å². The summed E-state index contributed by atoms with van der Waals surface area (Å²) in [5.41, 5.74) is 2.67. The van der Waals surface area contributed by atoms with E-state index in [1.54, 1.807) is 21.3 Å². The second kappa shape index (κ2) is 5.99. The van der Waals surface area contributed by atoms with Gasteiger partial charge < -0.3 is 19.1 Å². The number of carbonyl (C=O) groups is 1. The lowest BCUT2D eigenvalue weighted by Gasteiger charge is -2.59. The third-order valence-electron chi connectivity index (χ3n) is 6.84. The monoisotopic (exact) mass is 345 g/mol. The average Bonchev–Trinajstić information content (AvgIpc) is 2.63. The maximum atomic E-state index is 12.6. The Morgan fingerprint density at radius 3 is 2.52 bits per heavy atom. The minimum atomic E-state index is -0.292. The summed E-state index contributed by atoms with van der Waals surface area (Å²) in [6, 6.07) is 4.70. The van der Waals surface area contributed by atoms with Crippen molar-refractivity contribution in [3.8, 4) is 11.5 Å². The first-order valence-corrected chi connectivity index (χ1v) is 9.05. The summed E-state index contributed by atoms with van der Waals surface area (Å²) in [5, 5.41) is 0. The molecular formula is C20H27NO4. The van der Waals surface area contributed by atoms with Crippen molar-refractivity contribution >= 4 is 5.78 Å². The molecule has 136 valence electrons. The summed E-state index contributed by atoms with van der Waals surface area (Å²) < 4.78 is 16.7. The molecule has 0 aromatic heterocycles. The van der Waals surface area contributed by atoms with Gasteiger partial charge in [-0.15, -0.1) is 0 Å². The van der Waals surface area contributed by atoms with Crippen molar-refractivity contribution < 1.29 is 19.0 Å². The van der Waals surface area contributed by atoms with Crippen LogP contribution in [0, 0.1) is 5.92 Å². The number of likely N-dealkylation sites (tertiary alicyclic amines) is 1. The van der Waals surface area contributed by atoms with Gasteiger partial charge in [-0.1, -0.05) is 0 Å². The van der Waals surface area contributed by atoms with E-state index in [-0.39, 0.29) is 17.3 Å². The Kier molecular flexibility index (Phi) is 4.04. The molecule has 0 spiro atoms. The molecule has 2 bridgehead atoms. The molecule has 0 radical (unpaired) electrons. The standard InChI is InChI=1S/C20H27NO4/c1-21-6-5-20-11-19(25-4)16(22)9-14(20)15(21)7-12-8-17(23-2)18(24-3)10-13(12)20/h8,10,14-15,19H,5-7,9,11H2,1-4H3/t14-,15-,19?,20+/m0/s1. The predicted molar refractivity (Wildman–Crippen MR) is 94.5 cm³/mol. The highest BCUT2D eigenvalue weighted by atomic mass is 16.5. The van der Waals surface area contributed by atoms with E-state index in [1.807, 2.05) is 0 Å². The van der Waals surface area contributed by atoms with Gasteiger partial charge in [0.25, 0.3) is 0 Å². The number of benzene rings is 1. The Labute approximate surface area is 149 Å². The van der Waals surface area contributed by atoms with Gasteiger partial charge in [0, 0.05) is 25.0 Å². The highest BCUT2D eigenvalue weighted by Crippen LogP contribution is 2.56. The molecule has 2 fully saturated rings. The van der Waals surface area contributed by atoms with Crippen LogP contribution in [0.15, 0.2) is 12.1 Å². The van der Waals surface area contributed by atoms with E-state index >= 15 is 0 Å². The van der Waals surface area contributed by atoms with Crippen LogP contribution in [-0.2, 0) is 21.4 Å². The molecule has 4 rings (SSSR count). The third-order valence-corrected chi connectivity index (χ3v) is 6.84. The van der Waals surface area contributed by atoms with Gasteiger partial charge in [0.2, 0.25) is 0 Å². The van der Waals surface area contributed by atoms with Crippen molar-refractivity contribution in [3.63, 3.8) is 0 Å². The van der Waals surface area contributed by atoms with Crippen LogP contribution in [0.3, 0.4) is 0 Å². The first-order chi connectivity index (χ1) is 12.0. The molecule has 1 aromatic carbocycles. The van der Waals surface area contributed by atoms with Crippen molar-refractivity contribution in [2.45, 2.75) is 43.2 Å². The zero-order chi connectivity index (χ0) is 17.8. The van der Waals surface area contributed by atoms with Gasteiger partial charge in [-0.05, 0) is 62.0 Å². The first kappa shape index (κ1) is 16.9. The smallest absolute Gasteiger partial charge is 0.161 e. The zero-order valence-electron chi connectivity index (χ0n) is 15.5. The van der Waals surface area contributed by atoms with Gasteiger partial charge in [0.15, 0.2) is 17.3 Å². The summed E-state index contributed by atoms with van der Waals surface area (Å²) in [7, 11) is 7.21. The second-order valence-electron chi connectivity index (χ2n) is 7.73. The Bertz CT molecular complexity index is 703. The molecule has 1 saturated heterocycles. The van der Waals surface area contributed by atoms with Crippen LogP contribution in [-0.4, -0.2) is 57.8 Å². The van der Waals surface area contributed by atoms with Gasteiger partial charge >= 0.3 is 0 Å². The number of hydrogen-bond donors (Lipinski definition) is 0. The largest absolute Gasteiger partial charge is 0.493 e. The molecule has 0 amide bonds. The molecular weight excluding hydrogens is 318 g/mol. The molecule has 5 nitrogen and oxygen atoms in total. The van der Waals surface area contributed by atoms with Crippen molar-refractivity contribution in [2.75, 3.05) is 34.9 Å². The normalized spacial score (nSPS) is 34.2.